The van der Waals surface area contributed by atoms with E-state index in [1.165, 1.54) is 11.3 Å². The lowest BCUT2D eigenvalue weighted by Gasteiger charge is -2.25. The maximum absolute atomic E-state index is 13.2. The van der Waals surface area contributed by atoms with Gasteiger partial charge in [0.25, 0.3) is 5.91 Å². The zero-order valence-electron chi connectivity index (χ0n) is 18.5. The van der Waals surface area contributed by atoms with Crippen LogP contribution in [-0.2, 0) is 27.1 Å². The van der Waals surface area contributed by atoms with Gasteiger partial charge in [-0.25, -0.2) is 4.79 Å². The van der Waals surface area contributed by atoms with Crippen LogP contribution in [0.4, 0.5) is 4.79 Å². The van der Waals surface area contributed by atoms with Crippen LogP contribution in [0, 0.1) is 0 Å². The molecule has 1 unspecified atom stereocenters. The lowest BCUT2D eigenvalue weighted by Crippen LogP contribution is -2.44. The van der Waals surface area contributed by atoms with Gasteiger partial charge in [0, 0.05) is 11.4 Å². The molecule has 1 aromatic heterocycles. The Morgan fingerprint density at radius 3 is 2.32 bits per heavy atom. The molecule has 8 heteroatoms. The van der Waals surface area contributed by atoms with E-state index in [2.05, 4.69) is 26.1 Å². The summed E-state index contributed by atoms with van der Waals surface area (Å²) in [5.74, 6) is -0.715. The van der Waals surface area contributed by atoms with Gasteiger partial charge in [-0.3, -0.25) is 14.5 Å². The number of thiophene rings is 1. The first-order valence-electron chi connectivity index (χ1n) is 10.2. The molecular weight excluding hydrogens is 434 g/mol. The normalized spacial score (nSPS) is 19.0. The summed E-state index contributed by atoms with van der Waals surface area (Å²) in [4.78, 5) is 42.2. The molecule has 1 saturated heterocycles. The van der Waals surface area contributed by atoms with E-state index >= 15 is 0 Å². The number of rotatable bonds is 6. The van der Waals surface area contributed by atoms with Gasteiger partial charge in [0.1, 0.15) is 12.1 Å². The van der Waals surface area contributed by atoms with Gasteiger partial charge >= 0.3 is 6.03 Å². The second-order valence-electron chi connectivity index (χ2n) is 8.89. The molecule has 2 aromatic rings. The number of hydrogen-bond donors (Lipinski definition) is 1. The number of hydrogen-bond acceptors (Lipinski definition) is 4. The predicted molar refractivity (Wildman–Crippen MR) is 123 cm³/mol. The number of likely N-dealkylation sites (N-methyl/N-ethyl adjacent to an activating group) is 1. The van der Waals surface area contributed by atoms with Gasteiger partial charge in [-0.1, -0.05) is 56.6 Å². The second-order valence-corrected chi connectivity index (χ2v) is 10.7. The standard InChI is InChI=1S/C23H28ClN3O3S/c1-6-26(13-17-11-12-18(24)31-17)19(28)14-27-20(29)23(5,25-21(27)30)16-9-7-15(8-10-16)22(2,3)4/h7-12H,6,13-14H2,1-5H3,(H,25,30). The summed E-state index contributed by atoms with van der Waals surface area (Å²) in [7, 11) is 0. The molecule has 0 aliphatic carbocycles. The largest absolute Gasteiger partial charge is 0.336 e. The molecule has 6 nitrogen and oxygen atoms in total. The monoisotopic (exact) mass is 461 g/mol. The summed E-state index contributed by atoms with van der Waals surface area (Å²) < 4.78 is 0.654. The van der Waals surface area contributed by atoms with Gasteiger partial charge in [-0.05, 0) is 42.5 Å². The van der Waals surface area contributed by atoms with E-state index in [4.69, 9.17) is 11.6 Å². The average molecular weight is 462 g/mol. The summed E-state index contributed by atoms with van der Waals surface area (Å²) in [6, 6.07) is 10.8. The molecule has 2 heterocycles. The maximum atomic E-state index is 13.2. The van der Waals surface area contributed by atoms with E-state index in [1.54, 1.807) is 17.9 Å². The smallest absolute Gasteiger partial charge is 0.325 e. The zero-order valence-corrected chi connectivity index (χ0v) is 20.1. The number of urea groups is 1. The average Bonchev–Trinajstić information content (AvgIpc) is 3.21. The van der Waals surface area contributed by atoms with Crippen molar-refractivity contribution in [1.82, 2.24) is 15.1 Å². The molecule has 1 N–H and O–H groups in total. The molecule has 0 bridgehead atoms. The quantitative estimate of drug-likeness (QED) is 0.643. The Morgan fingerprint density at radius 1 is 1.16 bits per heavy atom. The number of halogens is 1. The fraction of sp³-hybridized carbons (Fsp3) is 0.435. The Bertz CT molecular complexity index is 996. The second kappa shape index (κ2) is 8.63. The van der Waals surface area contributed by atoms with Crippen molar-refractivity contribution in [2.45, 2.75) is 52.1 Å². The Morgan fingerprint density at radius 2 is 1.81 bits per heavy atom. The highest BCUT2D eigenvalue weighted by molar-refractivity contribution is 7.16. The SMILES string of the molecule is CCN(Cc1ccc(Cl)s1)C(=O)CN1C(=O)NC(C)(c2ccc(C(C)(C)C)cc2)C1=O. The van der Waals surface area contributed by atoms with E-state index in [1.807, 2.05) is 37.3 Å². The van der Waals surface area contributed by atoms with Gasteiger partial charge in [0.2, 0.25) is 5.91 Å². The minimum absolute atomic E-state index is 0.0166. The van der Waals surface area contributed by atoms with Gasteiger partial charge in [-0.2, -0.15) is 0 Å². The van der Waals surface area contributed by atoms with Crippen molar-refractivity contribution in [3.63, 3.8) is 0 Å². The van der Waals surface area contributed by atoms with Crippen molar-refractivity contribution < 1.29 is 14.4 Å². The number of amides is 4. The summed E-state index contributed by atoms with van der Waals surface area (Å²) in [5, 5.41) is 2.77. The third-order valence-corrected chi connectivity index (χ3v) is 6.82. The molecule has 1 fully saturated rings. The van der Waals surface area contributed by atoms with E-state index in [0.29, 0.717) is 23.0 Å². The maximum Gasteiger partial charge on any atom is 0.325 e. The molecule has 3 rings (SSSR count). The van der Waals surface area contributed by atoms with Crippen molar-refractivity contribution in [1.29, 1.82) is 0 Å². The fourth-order valence-electron chi connectivity index (χ4n) is 3.58. The van der Waals surface area contributed by atoms with Crippen molar-refractivity contribution in [2.24, 2.45) is 0 Å². The molecule has 1 aliphatic heterocycles. The Hall–Kier alpha value is -2.38. The minimum Gasteiger partial charge on any atom is -0.336 e. The molecule has 0 spiro atoms. The molecular formula is C23H28ClN3O3S. The van der Waals surface area contributed by atoms with Gasteiger partial charge < -0.3 is 10.2 Å². The Labute approximate surface area is 192 Å². The number of benzene rings is 1. The van der Waals surface area contributed by atoms with E-state index in [-0.39, 0.29) is 17.9 Å². The van der Waals surface area contributed by atoms with Crippen LogP contribution >= 0.6 is 22.9 Å². The zero-order chi connectivity index (χ0) is 23.0. The van der Waals surface area contributed by atoms with Crippen molar-refractivity contribution in [3.8, 4) is 0 Å². The van der Waals surface area contributed by atoms with Crippen molar-refractivity contribution in [2.75, 3.05) is 13.1 Å². The third-order valence-electron chi connectivity index (χ3n) is 5.61. The lowest BCUT2D eigenvalue weighted by atomic mass is 9.84. The van der Waals surface area contributed by atoms with Gasteiger partial charge in [-0.15, -0.1) is 11.3 Å². The van der Waals surface area contributed by atoms with Crippen molar-refractivity contribution in [3.05, 3.63) is 56.7 Å². The van der Waals surface area contributed by atoms with Gasteiger partial charge in [0.05, 0.1) is 10.9 Å². The highest BCUT2D eigenvalue weighted by atomic mass is 35.5. The van der Waals surface area contributed by atoms with E-state index in [9.17, 15) is 14.4 Å². The lowest BCUT2D eigenvalue weighted by molar-refractivity contribution is -0.139. The van der Waals surface area contributed by atoms with Crippen LogP contribution in [-0.4, -0.2) is 40.7 Å². The highest BCUT2D eigenvalue weighted by Crippen LogP contribution is 2.31. The molecule has 0 radical (unpaired) electrons. The van der Waals surface area contributed by atoms with Crippen LogP contribution in [0.15, 0.2) is 36.4 Å². The molecule has 4 amide bonds. The van der Waals surface area contributed by atoms with Crippen LogP contribution in [0.1, 0.15) is 50.6 Å². The molecule has 166 valence electrons. The molecule has 1 aliphatic rings. The van der Waals surface area contributed by atoms with Crippen LogP contribution in [0.3, 0.4) is 0 Å². The summed E-state index contributed by atoms with van der Waals surface area (Å²) in [5.41, 5.74) is 0.605. The molecule has 0 saturated carbocycles. The number of carbonyl (C=O) groups excluding carboxylic acids is 3. The molecule has 1 atom stereocenters. The Kier molecular flexibility index (Phi) is 6.48. The number of nitrogens with one attached hydrogen (secondary N) is 1. The fourth-order valence-corrected chi connectivity index (χ4v) is 4.68. The van der Waals surface area contributed by atoms with Crippen molar-refractivity contribution >= 4 is 40.8 Å². The predicted octanol–water partition coefficient (Wildman–Crippen LogP) is 4.51. The first-order chi connectivity index (χ1) is 14.5. The van der Waals surface area contributed by atoms with Crippen LogP contribution in [0.5, 0.6) is 0 Å². The summed E-state index contributed by atoms with van der Waals surface area (Å²) in [6.45, 7) is 10.4. The molecule has 31 heavy (non-hydrogen) atoms. The number of nitrogens with zero attached hydrogens (tertiary/aromatic N) is 2. The Balaban J connectivity index is 1.75. The van der Waals surface area contributed by atoms with Crippen LogP contribution in [0.25, 0.3) is 0 Å². The van der Waals surface area contributed by atoms with Gasteiger partial charge in [0.15, 0.2) is 0 Å². The number of carbonyl (C=O) groups is 3. The summed E-state index contributed by atoms with van der Waals surface area (Å²) >= 11 is 7.38. The van der Waals surface area contributed by atoms with E-state index < -0.39 is 17.5 Å². The third kappa shape index (κ3) is 4.77. The van der Waals surface area contributed by atoms with E-state index in [0.717, 1.165) is 15.3 Å². The summed E-state index contributed by atoms with van der Waals surface area (Å²) in [6.07, 6.45) is 0. The first-order valence-corrected chi connectivity index (χ1v) is 11.4. The van der Waals surface area contributed by atoms with Crippen LogP contribution in [0.2, 0.25) is 4.34 Å². The molecule has 1 aromatic carbocycles. The topological polar surface area (TPSA) is 69.7 Å². The minimum atomic E-state index is -1.20. The first kappa shape index (κ1) is 23.3. The highest BCUT2D eigenvalue weighted by Gasteiger charge is 2.49. The number of imide groups is 1. The van der Waals surface area contributed by atoms with Crippen LogP contribution < -0.4 is 5.32 Å².